The average Bonchev–Trinajstić information content (AvgIpc) is 3.10. The number of hydrogen-bond donors (Lipinski definition) is 2. The lowest BCUT2D eigenvalue weighted by molar-refractivity contribution is 0.0986. The number of carbonyl (C=O) groups excluding carboxylic acids is 1. The van der Waals surface area contributed by atoms with E-state index in [0.29, 0.717) is 35.9 Å². The van der Waals surface area contributed by atoms with Crippen molar-refractivity contribution in [2.24, 2.45) is 0 Å². The van der Waals surface area contributed by atoms with Crippen LogP contribution in [0.3, 0.4) is 0 Å². The summed E-state index contributed by atoms with van der Waals surface area (Å²) in [6.45, 7) is 3.14. The number of methoxy groups -OCH3 is 1. The first-order chi connectivity index (χ1) is 18.0. The molecule has 6 heteroatoms. The summed E-state index contributed by atoms with van der Waals surface area (Å²) in [5, 5.41) is 3.51. The van der Waals surface area contributed by atoms with Crippen LogP contribution in [0.15, 0.2) is 91.0 Å². The van der Waals surface area contributed by atoms with Crippen molar-refractivity contribution in [3.8, 4) is 22.6 Å². The molecule has 3 N–H and O–H groups in total. The van der Waals surface area contributed by atoms with Crippen molar-refractivity contribution in [1.82, 2.24) is 0 Å². The van der Waals surface area contributed by atoms with Crippen molar-refractivity contribution in [3.63, 3.8) is 0 Å². The number of ether oxygens (including phenoxy) is 2. The molecule has 1 aliphatic rings. The molecule has 4 aromatic rings. The number of para-hydroxylation sites is 2. The second-order valence-corrected chi connectivity index (χ2v) is 9.25. The Hall–Kier alpha value is -4.45. The highest BCUT2D eigenvalue weighted by atomic mass is 16.5. The third-order valence-corrected chi connectivity index (χ3v) is 6.64. The van der Waals surface area contributed by atoms with Gasteiger partial charge in [0.05, 0.1) is 24.2 Å². The van der Waals surface area contributed by atoms with E-state index in [1.54, 1.807) is 7.11 Å². The number of nitrogen functional groups attached to an aromatic ring is 1. The summed E-state index contributed by atoms with van der Waals surface area (Å²) in [6, 6.07) is 29.5. The predicted octanol–water partition coefficient (Wildman–Crippen LogP) is 6.37. The van der Waals surface area contributed by atoms with Gasteiger partial charge in [0, 0.05) is 23.7 Å². The summed E-state index contributed by atoms with van der Waals surface area (Å²) in [7, 11) is 1.60. The molecule has 0 bridgehead atoms. The van der Waals surface area contributed by atoms with Gasteiger partial charge in [-0.05, 0) is 66.9 Å². The number of nitrogens with one attached hydrogen (secondary N) is 1. The van der Waals surface area contributed by atoms with Crippen LogP contribution in [-0.4, -0.2) is 25.6 Å². The minimum absolute atomic E-state index is 0.0608. The maximum absolute atomic E-state index is 13.8. The third-order valence-electron chi connectivity index (χ3n) is 6.64. The summed E-state index contributed by atoms with van der Waals surface area (Å²) < 4.78 is 11.8. The van der Waals surface area contributed by atoms with E-state index in [1.165, 1.54) is 0 Å². The molecule has 1 atom stereocenters. The Balaban J connectivity index is 1.53. The molecule has 0 spiro atoms. The number of amides is 1. The number of nitrogens with two attached hydrogens (primary N) is 1. The van der Waals surface area contributed by atoms with Crippen LogP contribution in [-0.2, 0) is 6.61 Å². The second kappa shape index (κ2) is 10.7. The van der Waals surface area contributed by atoms with Gasteiger partial charge in [0.1, 0.15) is 18.1 Å². The normalized spacial score (nSPS) is 14.8. The number of anilines is 3. The first-order valence-corrected chi connectivity index (χ1v) is 12.5. The molecule has 1 heterocycles. The van der Waals surface area contributed by atoms with Crippen molar-refractivity contribution in [2.45, 2.75) is 26.0 Å². The van der Waals surface area contributed by atoms with E-state index in [9.17, 15) is 4.79 Å². The van der Waals surface area contributed by atoms with Crippen LogP contribution in [0, 0.1) is 0 Å². The highest BCUT2D eigenvalue weighted by Crippen LogP contribution is 2.37. The quantitative estimate of drug-likeness (QED) is 0.305. The third kappa shape index (κ3) is 5.23. The molecule has 0 radical (unpaired) electrons. The van der Waals surface area contributed by atoms with Crippen molar-refractivity contribution < 1.29 is 14.3 Å². The summed E-state index contributed by atoms with van der Waals surface area (Å²) in [4.78, 5) is 15.7. The number of benzene rings is 4. The number of carbonyl (C=O) groups is 1. The van der Waals surface area contributed by atoms with Crippen molar-refractivity contribution in [1.29, 1.82) is 0 Å². The molecule has 0 aliphatic carbocycles. The molecule has 6 nitrogen and oxygen atoms in total. The molecule has 0 saturated heterocycles. The molecule has 0 saturated carbocycles. The minimum Gasteiger partial charge on any atom is -0.495 e. The highest BCUT2D eigenvalue weighted by Gasteiger charge is 2.25. The lowest BCUT2D eigenvalue weighted by Crippen LogP contribution is -2.32. The molecule has 1 amide bonds. The van der Waals surface area contributed by atoms with E-state index in [2.05, 4.69) is 12.2 Å². The van der Waals surface area contributed by atoms with Crippen molar-refractivity contribution in [3.05, 3.63) is 102 Å². The number of fused-ring (bicyclic) bond motifs is 1. The number of rotatable bonds is 6. The van der Waals surface area contributed by atoms with Crippen molar-refractivity contribution in [2.75, 3.05) is 29.6 Å². The zero-order valence-electron chi connectivity index (χ0n) is 21.1. The molecule has 37 heavy (non-hydrogen) atoms. The van der Waals surface area contributed by atoms with Gasteiger partial charge in [0.15, 0.2) is 0 Å². The van der Waals surface area contributed by atoms with Crippen LogP contribution >= 0.6 is 0 Å². The Morgan fingerprint density at radius 1 is 0.973 bits per heavy atom. The lowest BCUT2D eigenvalue weighted by Gasteiger charge is -2.23. The average molecular weight is 494 g/mol. The Morgan fingerprint density at radius 2 is 1.76 bits per heavy atom. The fourth-order valence-electron chi connectivity index (χ4n) is 4.61. The van der Waals surface area contributed by atoms with E-state index in [4.69, 9.17) is 15.2 Å². The van der Waals surface area contributed by atoms with E-state index in [0.717, 1.165) is 34.5 Å². The van der Waals surface area contributed by atoms with Gasteiger partial charge < -0.3 is 25.4 Å². The molecular weight excluding hydrogens is 462 g/mol. The zero-order valence-corrected chi connectivity index (χ0v) is 21.1. The van der Waals surface area contributed by atoms with Gasteiger partial charge in [-0.2, -0.15) is 0 Å². The largest absolute Gasteiger partial charge is 0.495 e. The van der Waals surface area contributed by atoms with Gasteiger partial charge in [-0.1, -0.05) is 48.5 Å². The fourth-order valence-corrected chi connectivity index (χ4v) is 4.61. The summed E-state index contributed by atoms with van der Waals surface area (Å²) in [5.41, 5.74) is 11.8. The topological polar surface area (TPSA) is 76.8 Å². The first kappa shape index (κ1) is 24.3. The van der Waals surface area contributed by atoms with E-state index < -0.39 is 0 Å². The number of hydrogen-bond acceptors (Lipinski definition) is 5. The monoisotopic (exact) mass is 493 g/mol. The minimum atomic E-state index is -0.0608. The molecule has 0 aromatic heterocycles. The van der Waals surface area contributed by atoms with Crippen LogP contribution in [0.1, 0.15) is 29.3 Å². The standard InChI is InChI=1S/C31H31N3O3/c1-21-16-17-34(28-11-7-6-10-27(28)33-21)31(35)24-12-14-25(23-13-15-26(32)30(18-23)36-2)29(19-24)37-20-22-8-4-3-5-9-22/h3-15,18-19,21,33H,16-17,20,32H2,1-2H3/t21-/m0/s1. The zero-order chi connectivity index (χ0) is 25.8. The molecular formula is C31H31N3O3. The molecule has 5 rings (SSSR count). The van der Waals surface area contributed by atoms with Crippen LogP contribution in [0.25, 0.3) is 11.1 Å². The SMILES string of the molecule is COc1cc(-c2ccc(C(=O)N3CC[C@H](C)Nc4ccccc43)cc2OCc2ccccc2)ccc1N. The lowest BCUT2D eigenvalue weighted by atomic mass is 10.0. The van der Waals surface area contributed by atoms with E-state index >= 15 is 0 Å². The first-order valence-electron chi connectivity index (χ1n) is 12.5. The fraction of sp³-hybridized carbons (Fsp3) is 0.194. The number of nitrogens with zero attached hydrogens (tertiary/aromatic N) is 1. The Labute approximate surface area is 217 Å². The predicted molar refractivity (Wildman–Crippen MR) is 149 cm³/mol. The summed E-state index contributed by atoms with van der Waals surface area (Å²) in [6.07, 6.45) is 0.848. The van der Waals surface area contributed by atoms with Gasteiger partial charge in [-0.15, -0.1) is 0 Å². The van der Waals surface area contributed by atoms with Crippen LogP contribution in [0.5, 0.6) is 11.5 Å². The summed E-state index contributed by atoms with van der Waals surface area (Å²) in [5.74, 6) is 1.15. The molecule has 188 valence electrons. The van der Waals surface area contributed by atoms with E-state index in [-0.39, 0.29) is 11.9 Å². The molecule has 1 aliphatic heterocycles. The Kier molecular flexibility index (Phi) is 6.99. The molecule has 4 aromatic carbocycles. The van der Waals surface area contributed by atoms with Gasteiger partial charge in [0.2, 0.25) is 0 Å². The molecule has 0 fully saturated rings. The van der Waals surface area contributed by atoms with Crippen LogP contribution < -0.4 is 25.4 Å². The maximum atomic E-state index is 13.8. The van der Waals surface area contributed by atoms with Crippen LogP contribution in [0.2, 0.25) is 0 Å². The highest BCUT2D eigenvalue weighted by molar-refractivity contribution is 6.08. The van der Waals surface area contributed by atoms with Gasteiger partial charge >= 0.3 is 0 Å². The van der Waals surface area contributed by atoms with Crippen molar-refractivity contribution >= 4 is 23.0 Å². The second-order valence-electron chi connectivity index (χ2n) is 9.25. The smallest absolute Gasteiger partial charge is 0.258 e. The Morgan fingerprint density at radius 3 is 2.57 bits per heavy atom. The van der Waals surface area contributed by atoms with Gasteiger partial charge in [-0.25, -0.2) is 0 Å². The Bertz CT molecular complexity index is 1400. The summed E-state index contributed by atoms with van der Waals surface area (Å²) >= 11 is 0. The van der Waals surface area contributed by atoms with Gasteiger partial charge in [-0.3, -0.25) is 4.79 Å². The maximum Gasteiger partial charge on any atom is 0.258 e. The van der Waals surface area contributed by atoms with Crippen LogP contribution in [0.4, 0.5) is 17.1 Å². The van der Waals surface area contributed by atoms with E-state index in [1.807, 2.05) is 95.9 Å². The molecule has 0 unspecified atom stereocenters. The van der Waals surface area contributed by atoms with Gasteiger partial charge in [0.25, 0.3) is 5.91 Å².